The number of nitrogens with one attached hydrogen (secondary N) is 1. The average molecular weight is 240 g/mol. The summed E-state index contributed by atoms with van der Waals surface area (Å²) in [5, 5.41) is 10.7. The monoisotopic (exact) mass is 240 g/mol. The van der Waals surface area contributed by atoms with Crippen LogP contribution < -0.4 is 10.2 Å². The van der Waals surface area contributed by atoms with Gasteiger partial charge in [0, 0.05) is 11.6 Å². The summed E-state index contributed by atoms with van der Waals surface area (Å²) in [6.45, 7) is 2.01. The largest absolute Gasteiger partial charge is 0.490 e. The van der Waals surface area contributed by atoms with Crippen LogP contribution in [0.15, 0.2) is 18.2 Å². The van der Waals surface area contributed by atoms with Crippen LogP contribution in [0.4, 0.5) is 5.69 Å². The molecular weight excluding hydrogens is 228 g/mol. The van der Waals surface area contributed by atoms with E-state index in [0.29, 0.717) is 6.61 Å². The highest BCUT2D eigenvalue weighted by Gasteiger charge is 2.17. The molecule has 17 heavy (non-hydrogen) atoms. The van der Waals surface area contributed by atoms with Gasteiger partial charge in [-0.1, -0.05) is 0 Å². The highest BCUT2D eigenvalue weighted by atomic mass is 16.6. The van der Waals surface area contributed by atoms with Gasteiger partial charge in [0.15, 0.2) is 5.75 Å². The number of nitro benzene ring substituents is 1. The first-order valence-corrected chi connectivity index (χ1v) is 4.84. The molecule has 0 bridgehead atoms. The van der Waals surface area contributed by atoms with Gasteiger partial charge in [-0.25, -0.2) is 5.48 Å². The Labute approximate surface area is 97.4 Å². The third kappa shape index (κ3) is 3.15. The number of amides is 1. The molecule has 0 saturated carbocycles. The Morgan fingerprint density at radius 1 is 1.53 bits per heavy atom. The van der Waals surface area contributed by atoms with Crippen molar-refractivity contribution < 1.29 is 19.3 Å². The van der Waals surface area contributed by atoms with E-state index in [1.807, 2.05) is 0 Å². The van der Waals surface area contributed by atoms with Gasteiger partial charge in [0.25, 0.3) is 5.91 Å². The van der Waals surface area contributed by atoms with Crippen molar-refractivity contribution in [1.29, 1.82) is 0 Å². The second-order valence-corrected chi connectivity index (χ2v) is 3.01. The number of hydroxylamine groups is 1. The number of nitrogens with zero attached hydrogens (tertiary/aromatic N) is 1. The van der Waals surface area contributed by atoms with E-state index >= 15 is 0 Å². The maximum Gasteiger partial charge on any atom is 0.311 e. The summed E-state index contributed by atoms with van der Waals surface area (Å²) in [6, 6.07) is 3.91. The summed E-state index contributed by atoms with van der Waals surface area (Å²) in [5.74, 6) is -0.444. The van der Waals surface area contributed by atoms with Gasteiger partial charge >= 0.3 is 5.69 Å². The molecule has 1 aromatic rings. The van der Waals surface area contributed by atoms with Crippen LogP contribution in [-0.2, 0) is 4.84 Å². The molecule has 0 aliphatic rings. The number of nitro groups is 1. The Morgan fingerprint density at radius 2 is 2.24 bits per heavy atom. The highest BCUT2D eigenvalue weighted by Crippen LogP contribution is 2.27. The molecule has 92 valence electrons. The lowest BCUT2D eigenvalue weighted by Gasteiger charge is -2.05. The van der Waals surface area contributed by atoms with Crippen molar-refractivity contribution in [1.82, 2.24) is 5.48 Å². The number of hydrogen-bond donors (Lipinski definition) is 1. The van der Waals surface area contributed by atoms with E-state index in [1.54, 1.807) is 6.92 Å². The first kappa shape index (κ1) is 12.9. The van der Waals surface area contributed by atoms with Gasteiger partial charge in [-0.05, 0) is 19.1 Å². The van der Waals surface area contributed by atoms with E-state index in [2.05, 4.69) is 5.48 Å². The summed E-state index contributed by atoms with van der Waals surface area (Å²) >= 11 is 0. The zero-order chi connectivity index (χ0) is 12.8. The summed E-state index contributed by atoms with van der Waals surface area (Å²) in [4.78, 5) is 26.3. The molecule has 0 unspecified atom stereocenters. The molecule has 7 heteroatoms. The standard InChI is InChI=1S/C10H12N2O5/c1-3-17-11-10(13)7-4-5-9(16-2)8(6-7)12(14)15/h4-6H,3H2,1-2H3,(H,11,13). The number of carbonyl (C=O) groups excluding carboxylic acids is 1. The zero-order valence-electron chi connectivity index (χ0n) is 9.43. The minimum Gasteiger partial charge on any atom is -0.490 e. The molecule has 0 heterocycles. The fraction of sp³-hybridized carbons (Fsp3) is 0.300. The van der Waals surface area contributed by atoms with Crippen LogP contribution in [0, 0.1) is 10.1 Å². The van der Waals surface area contributed by atoms with Gasteiger partial charge in [-0.15, -0.1) is 0 Å². The first-order chi connectivity index (χ1) is 8.10. The molecule has 7 nitrogen and oxygen atoms in total. The molecule has 0 aromatic heterocycles. The van der Waals surface area contributed by atoms with Crippen molar-refractivity contribution in [3.8, 4) is 5.75 Å². The molecule has 0 atom stereocenters. The quantitative estimate of drug-likeness (QED) is 0.618. The van der Waals surface area contributed by atoms with E-state index < -0.39 is 10.8 Å². The summed E-state index contributed by atoms with van der Waals surface area (Å²) in [7, 11) is 1.32. The van der Waals surface area contributed by atoms with Gasteiger partial charge in [-0.3, -0.25) is 19.7 Å². The van der Waals surface area contributed by atoms with Gasteiger partial charge in [0.1, 0.15) is 0 Å². The lowest BCUT2D eigenvalue weighted by molar-refractivity contribution is -0.385. The Morgan fingerprint density at radius 3 is 2.76 bits per heavy atom. The van der Waals surface area contributed by atoms with E-state index in [1.165, 1.54) is 19.2 Å². The third-order valence-electron chi connectivity index (χ3n) is 1.95. The predicted molar refractivity (Wildman–Crippen MR) is 58.7 cm³/mol. The minimum atomic E-state index is -0.615. The predicted octanol–water partition coefficient (Wildman–Crippen LogP) is 1.28. The molecule has 1 aromatic carbocycles. The number of carbonyl (C=O) groups is 1. The molecule has 0 radical (unpaired) electrons. The molecule has 0 spiro atoms. The Bertz CT molecular complexity index is 433. The molecule has 0 saturated heterocycles. The van der Waals surface area contributed by atoms with Crippen molar-refractivity contribution in [2.75, 3.05) is 13.7 Å². The molecule has 0 aliphatic heterocycles. The Hall–Kier alpha value is -2.15. The second kappa shape index (κ2) is 5.80. The van der Waals surface area contributed by atoms with Gasteiger partial charge < -0.3 is 4.74 Å². The normalized spacial score (nSPS) is 9.76. The zero-order valence-corrected chi connectivity index (χ0v) is 9.43. The third-order valence-corrected chi connectivity index (χ3v) is 1.95. The SMILES string of the molecule is CCONC(=O)c1ccc(OC)c([N+](=O)[O-])c1. The Balaban J connectivity index is 2.99. The van der Waals surface area contributed by atoms with Crippen LogP contribution in [0.3, 0.4) is 0 Å². The molecule has 0 aliphatic carbocycles. The first-order valence-electron chi connectivity index (χ1n) is 4.84. The molecule has 1 amide bonds. The Kier molecular flexibility index (Phi) is 4.41. The lowest BCUT2D eigenvalue weighted by Crippen LogP contribution is -2.23. The molecular formula is C10H12N2O5. The fourth-order valence-electron chi connectivity index (χ4n) is 1.17. The second-order valence-electron chi connectivity index (χ2n) is 3.01. The number of hydrogen-bond acceptors (Lipinski definition) is 5. The van der Waals surface area contributed by atoms with Crippen molar-refractivity contribution in [2.45, 2.75) is 6.92 Å². The van der Waals surface area contributed by atoms with Crippen LogP contribution in [0.2, 0.25) is 0 Å². The number of benzene rings is 1. The number of ether oxygens (including phenoxy) is 1. The minimum absolute atomic E-state index is 0.1000. The van der Waals surface area contributed by atoms with E-state index in [4.69, 9.17) is 9.57 Å². The summed E-state index contributed by atoms with van der Waals surface area (Å²) < 4.78 is 4.82. The fourth-order valence-corrected chi connectivity index (χ4v) is 1.17. The van der Waals surface area contributed by atoms with Crippen LogP contribution >= 0.6 is 0 Å². The lowest BCUT2D eigenvalue weighted by atomic mass is 10.2. The van der Waals surface area contributed by atoms with Crippen molar-refractivity contribution in [3.05, 3.63) is 33.9 Å². The highest BCUT2D eigenvalue weighted by molar-refractivity contribution is 5.94. The molecule has 1 N–H and O–H groups in total. The number of rotatable bonds is 5. The summed E-state index contributed by atoms with van der Waals surface area (Å²) in [6.07, 6.45) is 0. The topological polar surface area (TPSA) is 90.7 Å². The molecule has 0 fully saturated rings. The van der Waals surface area contributed by atoms with Crippen LogP contribution in [-0.4, -0.2) is 24.5 Å². The molecule has 1 rings (SSSR count). The van der Waals surface area contributed by atoms with Gasteiger partial charge in [-0.2, -0.15) is 0 Å². The van der Waals surface area contributed by atoms with Crippen molar-refractivity contribution >= 4 is 11.6 Å². The smallest absolute Gasteiger partial charge is 0.311 e. The van der Waals surface area contributed by atoms with E-state index in [-0.39, 0.29) is 17.0 Å². The van der Waals surface area contributed by atoms with Gasteiger partial charge in [0.05, 0.1) is 18.6 Å². The maximum absolute atomic E-state index is 11.5. The number of methoxy groups -OCH3 is 1. The van der Waals surface area contributed by atoms with Crippen molar-refractivity contribution in [3.63, 3.8) is 0 Å². The van der Waals surface area contributed by atoms with Crippen LogP contribution in [0.5, 0.6) is 5.75 Å². The van der Waals surface area contributed by atoms with E-state index in [0.717, 1.165) is 6.07 Å². The maximum atomic E-state index is 11.5. The van der Waals surface area contributed by atoms with Crippen molar-refractivity contribution in [2.24, 2.45) is 0 Å². The van der Waals surface area contributed by atoms with Crippen LogP contribution in [0.25, 0.3) is 0 Å². The average Bonchev–Trinajstić information content (AvgIpc) is 2.34. The van der Waals surface area contributed by atoms with E-state index in [9.17, 15) is 14.9 Å². The van der Waals surface area contributed by atoms with Gasteiger partial charge in [0.2, 0.25) is 0 Å². The summed E-state index contributed by atoms with van der Waals surface area (Å²) in [5.41, 5.74) is 2.01. The van der Waals surface area contributed by atoms with Crippen LogP contribution in [0.1, 0.15) is 17.3 Å².